The maximum Gasteiger partial charge on any atom is 0.547 e. The van der Waals surface area contributed by atoms with Crippen LogP contribution in [-0.2, 0) is 22.5 Å². The zero-order valence-corrected chi connectivity index (χ0v) is 14.4. The molecule has 1 aromatic heterocycles. The number of benzene rings is 1. The van der Waals surface area contributed by atoms with Gasteiger partial charge in [-0.15, -0.1) is 0 Å². The number of carbonyl (C=O) groups excluding carboxylic acids is 2. The molecule has 26 heavy (non-hydrogen) atoms. The fraction of sp³-hybridized carbons (Fsp3) is 0.353. The van der Waals surface area contributed by atoms with Gasteiger partial charge in [-0.25, -0.2) is 9.78 Å². The van der Waals surface area contributed by atoms with E-state index in [2.05, 4.69) is 10.3 Å². The van der Waals surface area contributed by atoms with Crippen molar-refractivity contribution in [3.05, 3.63) is 48.0 Å². The second-order valence-corrected chi connectivity index (χ2v) is 5.95. The van der Waals surface area contributed by atoms with E-state index in [-0.39, 0.29) is 24.5 Å². The lowest BCUT2D eigenvalue weighted by molar-refractivity contribution is -0.121. The molecule has 1 aromatic carbocycles. The summed E-state index contributed by atoms with van der Waals surface area (Å²) in [6.45, 7) is 2.47. The molecule has 1 amide bonds. The molecule has 8 nitrogen and oxygen atoms in total. The van der Waals surface area contributed by atoms with Gasteiger partial charge >= 0.3 is 13.1 Å². The smallest absolute Gasteiger partial charge is 0.534 e. The predicted molar refractivity (Wildman–Crippen MR) is 93.5 cm³/mol. The van der Waals surface area contributed by atoms with E-state index in [1.54, 1.807) is 48.4 Å². The van der Waals surface area contributed by atoms with Gasteiger partial charge in [0.1, 0.15) is 11.3 Å². The number of aromatic nitrogens is 2. The van der Waals surface area contributed by atoms with Gasteiger partial charge in [-0.2, -0.15) is 0 Å². The highest BCUT2D eigenvalue weighted by Gasteiger charge is 2.37. The minimum atomic E-state index is -1.24. The first-order chi connectivity index (χ1) is 12.6. The number of rotatable bonds is 6. The Kier molecular flexibility index (Phi) is 5.57. The lowest BCUT2D eigenvalue weighted by atomic mass is 9.72. The summed E-state index contributed by atoms with van der Waals surface area (Å²) in [6.07, 6.45) is 5.68. The molecule has 0 radical (unpaired) electrons. The summed E-state index contributed by atoms with van der Waals surface area (Å²) in [5.74, 6) is -0.978. The molecule has 0 fully saturated rings. The zero-order chi connectivity index (χ0) is 18.5. The summed E-state index contributed by atoms with van der Waals surface area (Å²) in [7, 11) is -1.24. The van der Waals surface area contributed by atoms with Crippen molar-refractivity contribution < 1.29 is 24.0 Å². The molecule has 136 valence electrons. The van der Waals surface area contributed by atoms with Crippen molar-refractivity contribution in [3.8, 4) is 5.75 Å². The van der Waals surface area contributed by atoms with Crippen LogP contribution in [-0.4, -0.2) is 46.1 Å². The molecule has 1 aliphatic rings. The summed E-state index contributed by atoms with van der Waals surface area (Å²) in [6, 6.07) is 5.12. The van der Waals surface area contributed by atoms with Crippen LogP contribution in [0.4, 0.5) is 0 Å². The number of para-hydroxylation sites is 1. The molecule has 0 saturated carbocycles. The van der Waals surface area contributed by atoms with Crippen LogP contribution in [0.2, 0.25) is 0 Å². The molecule has 0 unspecified atom stereocenters. The highest BCUT2D eigenvalue weighted by atomic mass is 16.5. The van der Waals surface area contributed by atoms with Crippen LogP contribution < -0.4 is 9.97 Å². The molecule has 1 aliphatic heterocycles. The maximum absolute atomic E-state index is 12.1. The van der Waals surface area contributed by atoms with E-state index >= 15 is 0 Å². The third-order valence-electron chi connectivity index (χ3n) is 4.12. The average Bonchev–Trinajstić information content (AvgIpc) is 3.14. The van der Waals surface area contributed by atoms with Crippen LogP contribution in [0, 0.1) is 0 Å². The molecule has 0 bridgehead atoms. The van der Waals surface area contributed by atoms with Crippen molar-refractivity contribution in [3.63, 3.8) is 0 Å². The first-order valence-electron chi connectivity index (χ1n) is 8.47. The van der Waals surface area contributed by atoms with Gasteiger partial charge < -0.3 is 24.3 Å². The van der Waals surface area contributed by atoms with Crippen molar-refractivity contribution in [2.45, 2.75) is 32.3 Å². The van der Waals surface area contributed by atoms with E-state index in [0.717, 1.165) is 5.56 Å². The minimum absolute atomic E-state index is 0.198. The number of hydrogen-bond donors (Lipinski definition) is 2. The molecule has 1 atom stereocenters. The number of nitrogens with one attached hydrogen (secondary N) is 1. The number of imidazole rings is 1. The Bertz CT molecular complexity index is 781. The summed E-state index contributed by atoms with van der Waals surface area (Å²) in [5.41, 5.74) is 1.01. The SMILES string of the molecule is CCOC(=O)c1cccc2c1OB(O)[C@@H](NC(=O)CCn1ccnc1)C2. The second-order valence-electron chi connectivity index (χ2n) is 5.95. The van der Waals surface area contributed by atoms with E-state index in [9.17, 15) is 14.6 Å². The maximum atomic E-state index is 12.1. The third kappa shape index (κ3) is 4.05. The fourth-order valence-electron chi connectivity index (χ4n) is 2.85. The van der Waals surface area contributed by atoms with Crippen molar-refractivity contribution in [1.29, 1.82) is 0 Å². The van der Waals surface area contributed by atoms with Crippen LogP contribution in [0.1, 0.15) is 29.3 Å². The van der Waals surface area contributed by atoms with E-state index in [1.807, 2.05) is 0 Å². The molecule has 2 heterocycles. The predicted octanol–water partition coefficient (Wildman–Crippen LogP) is 0.589. The van der Waals surface area contributed by atoms with Crippen LogP contribution in [0.3, 0.4) is 0 Å². The highest BCUT2D eigenvalue weighted by Crippen LogP contribution is 2.30. The van der Waals surface area contributed by atoms with Crippen LogP contribution in [0.25, 0.3) is 0 Å². The Morgan fingerprint density at radius 1 is 1.50 bits per heavy atom. The Hall–Kier alpha value is -2.81. The van der Waals surface area contributed by atoms with Crippen molar-refractivity contribution in [1.82, 2.24) is 14.9 Å². The van der Waals surface area contributed by atoms with Crippen molar-refractivity contribution >= 4 is 19.0 Å². The Morgan fingerprint density at radius 3 is 3.08 bits per heavy atom. The number of esters is 1. The van der Waals surface area contributed by atoms with Gasteiger partial charge in [-0.3, -0.25) is 4.79 Å². The largest absolute Gasteiger partial charge is 0.547 e. The summed E-state index contributed by atoms with van der Waals surface area (Å²) < 4.78 is 12.3. The summed E-state index contributed by atoms with van der Waals surface area (Å²) in [4.78, 5) is 28.1. The van der Waals surface area contributed by atoms with Crippen molar-refractivity contribution in [2.75, 3.05) is 6.61 Å². The molecular weight excluding hydrogens is 337 g/mol. The number of aryl methyl sites for hydroxylation is 1. The molecule has 2 N–H and O–H groups in total. The topological polar surface area (TPSA) is 103 Å². The summed E-state index contributed by atoms with van der Waals surface area (Å²) in [5, 5.41) is 13.0. The van der Waals surface area contributed by atoms with Gasteiger partial charge in [0.2, 0.25) is 5.91 Å². The minimum Gasteiger partial charge on any atom is -0.534 e. The number of hydrogen-bond acceptors (Lipinski definition) is 6. The Labute approximate surface area is 151 Å². The van der Waals surface area contributed by atoms with Gasteiger partial charge in [0.25, 0.3) is 0 Å². The second kappa shape index (κ2) is 8.05. The molecule has 3 rings (SSSR count). The summed E-state index contributed by atoms with van der Waals surface area (Å²) >= 11 is 0. The lowest BCUT2D eigenvalue weighted by Gasteiger charge is -2.29. The lowest BCUT2D eigenvalue weighted by Crippen LogP contribution is -2.53. The number of amides is 1. The van der Waals surface area contributed by atoms with E-state index in [0.29, 0.717) is 18.7 Å². The molecular formula is C17H20BN3O5. The van der Waals surface area contributed by atoms with E-state index in [1.165, 1.54) is 0 Å². The fourth-order valence-corrected chi connectivity index (χ4v) is 2.85. The zero-order valence-electron chi connectivity index (χ0n) is 14.4. The van der Waals surface area contributed by atoms with E-state index < -0.39 is 19.0 Å². The van der Waals surface area contributed by atoms with Crippen molar-refractivity contribution in [2.24, 2.45) is 0 Å². The molecule has 9 heteroatoms. The van der Waals surface area contributed by atoms with Gasteiger partial charge in [-0.05, 0) is 25.0 Å². The van der Waals surface area contributed by atoms with Gasteiger partial charge in [0.05, 0.1) is 18.9 Å². The standard InChI is InChI=1S/C17H20BN3O5/c1-2-25-17(23)13-5-3-4-12-10-14(18(24)26-16(12)13)20-15(22)6-8-21-9-7-19-11-21/h3-5,7,9,11,14,24H,2,6,8,10H2,1H3,(H,20,22)/t14-/m0/s1. The van der Waals surface area contributed by atoms with Gasteiger partial charge in [-0.1, -0.05) is 12.1 Å². The number of ether oxygens (including phenoxy) is 1. The highest BCUT2D eigenvalue weighted by molar-refractivity contribution is 6.47. The number of nitrogens with zero attached hydrogens (tertiary/aromatic N) is 2. The van der Waals surface area contributed by atoms with Crippen LogP contribution in [0.15, 0.2) is 36.9 Å². The normalized spacial score (nSPS) is 15.8. The third-order valence-corrected chi connectivity index (χ3v) is 4.12. The van der Waals surface area contributed by atoms with Gasteiger partial charge in [0, 0.05) is 25.4 Å². The van der Waals surface area contributed by atoms with E-state index in [4.69, 9.17) is 9.39 Å². The monoisotopic (exact) mass is 357 g/mol. The van der Waals surface area contributed by atoms with Crippen LogP contribution >= 0.6 is 0 Å². The quantitative estimate of drug-likeness (QED) is 0.580. The number of fused-ring (bicyclic) bond motifs is 1. The first kappa shape index (κ1) is 18.0. The van der Waals surface area contributed by atoms with Crippen LogP contribution in [0.5, 0.6) is 5.75 Å². The molecule has 0 saturated heterocycles. The molecule has 2 aromatic rings. The molecule has 0 spiro atoms. The molecule has 0 aliphatic carbocycles. The number of carbonyl (C=O) groups is 2. The Morgan fingerprint density at radius 2 is 2.35 bits per heavy atom. The van der Waals surface area contributed by atoms with Gasteiger partial charge in [0.15, 0.2) is 0 Å². The Balaban J connectivity index is 1.65. The first-order valence-corrected chi connectivity index (χ1v) is 8.47. The average molecular weight is 357 g/mol.